The van der Waals surface area contributed by atoms with Crippen LogP contribution in [-0.4, -0.2) is 43.3 Å². The molecule has 0 saturated carbocycles. The summed E-state index contributed by atoms with van der Waals surface area (Å²) in [5.41, 5.74) is 2.42. The van der Waals surface area contributed by atoms with Crippen LogP contribution in [0.15, 0.2) is 28.8 Å². The average molecular weight is 332 g/mol. The topological polar surface area (TPSA) is 64.8 Å². The highest BCUT2D eigenvalue weighted by atomic mass is 16.5. The van der Waals surface area contributed by atoms with Gasteiger partial charge in [0.05, 0.1) is 11.3 Å². The standard InChI is InChI=1S/C18H24N2O4/c1-13-17(14(2)24-19-13)12-23-16-8-6-15(7-9-16)18(21)20(3)10-5-11-22-4/h6-9H,5,10-12H2,1-4H3. The molecule has 0 aliphatic carbocycles. The zero-order valence-corrected chi connectivity index (χ0v) is 14.7. The number of hydrogen-bond acceptors (Lipinski definition) is 5. The summed E-state index contributed by atoms with van der Waals surface area (Å²) in [4.78, 5) is 14.0. The van der Waals surface area contributed by atoms with E-state index >= 15 is 0 Å². The summed E-state index contributed by atoms with van der Waals surface area (Å²) in [7, 11) is 3.45. The molecule has 0 atom stereocenters. The molecule has 2 aromatic rings. The van der Waals surface area contributed by atoms with Crippen LogP contribution in [-0.2, 0) is 11.3 Å². The van der Waals surface area contributed by atoms with Gasteiger partial charge in [0.25, 0.3) is 5.91 Å². The molecule has 0 radical (unpaired) electrons. The van der Waals surface area contributed by atoms with Gasteiger partial charge < -0.3 is 18.9 Å². The Morgan fingerprint density at radius 1 is 1.25 bits per heavy atom. The third kappa shape index (κ3) is 4.58. The Morgan fingerprint density at radius 2 is 1.96 bits per heavy atom. The number of aromatic nitrogens is 1. The number of amides is 1. The van der Waals surface area contributed by atoms with Crippen LogP contribution in [0.1, 0.15) is 33.8 Å². The largest absolute Gasteiger partial charge is 0.489 e. The summed E-state index contributed by atoms with van der Waals surface area (Å²) in [5, 5.41) is 3.90. The van der Waals surface area contributed by atoms with Crippen molar-refractivity contribution in [2.24, 2.45) is 0 Å². The summed E-state index contributed by atoms with van der Waals surface area (Å²) in [6.45, 7) is 5.45. The minimum absolute atomic E-state index is 0.0108. The van der Waals surface area contributed by atoms with Gasteiger partial charge in [-0.25, -0.2) is 0 Å². The van der Waals surface area contributed by atoms with Crippen LogP contribution in [0.2, 0.25) is 0 Å². The Morgan fingerprint density at radius 3 is 2.54 bits per heavy atom. The van der Waals surface area contributed by atoms with E-state index in [2.05, 4.69) is 5.16 Å². The van der Waals surface area contributed by atoms with Gasteiger partial charge in [-0.15, -0.1) is 0 Å². The minimum Gasteiger partial charge on any atom is -0.489 e. The Hall–Kier alpha value is -2.34. The first-order valence-corrected chi connectivity index (χ1v) is 7.92. The lowest BCUT2D eigenvalue weighted by Gasteiger charge is -2.17. The molecule has 130 valence electrons. The van der Waals surface area contributed by atoms with E-state index in [1.54, 1.807) is 43.3 Å². The van der Waals surface area contributed by atoms with E-state index in [-0.39, 0.29) is 5.91 Å². The van der Waals surface area contributed by atoms with E-state index in [0.29, 0.717) is 31.1 Å². The molecular weight excluding hydrogens is 308 g/mol. The number of benzene rings is 1. The van der Waals surface area contributed by atoms with Crippen LogP contribution < -0.4 is 4.74 Å². The minimum atomic E-state index is -0.0108. The molecule has 0 aliphatic heterocycles. The highest BCUT2D eigenvalue weighted by molar-refractivity contribution is 5.94. The number of nitrogens with zero attached hydrogens (tertiary/aromatic N) is 2. The first-order chi connectivity index (χ1) is 11.5. The van der Waals surface area contributed by atoms with Crippen molar-refractivity contribution in [1.29, 1.82) is 0 Å². The van der Waals surface area contributed by atoms with Crippen molar-refractivity contribution in [1.82, 2.24) is 10.1 Å². The summed E-state index contributed by atoms with van der Waals surface area (Å²) >= 11 is 0. The molecule has 2 rings (SSSR count). The molecule has 0 aliphatic rings. The van der Waals surface area contributed by atoms with Crippen molar-refractivity contribution in [2.75, 3.05) is 27.3 Å². The quantitative estimate of drug-likeness (QED) is 0.695. The highest BCUT2D eigenvalue weighted by Gasteiger charge is 2.12. The maximum atomic E-state index is 12.3. The molecule has 0 fully saturated rings. The zero-order chi connectivity index (χ0) is 17.5. The summed E-state index contributed by atoms with van der Waals surface area (Å²) in [6.07, 6.45) is 0.817. The van der Waals surface area contributed by atoms with Crippen LogP contribution >= 0.6 is 0 Å². The van der Waals surface area contributed by atoms with Gasteiger partial charge in [0.1, 0.15) is 18.1 Å². The van der Waals surface area contributed by atoms with E-state index in [9.17, 15) is 4.79 Å². The lowest BCUT2D eigenvalue weighted by atomic mass is 10.2. The molecule has 0 saturated heterocycles. The number of hydrogen-bond donors (Lipinski definition) is 0. The second kappa shape index (κ2) is 8.49. The second-order valence-corrected chi connectivity index (χ2v) is 5.69. The SMILES string of the molecule is COCCCN(C)C(=O)c1ccc(OCc2c(C)noc2C)cc1. The van der Waals surface area contributed by atoms with Crippen LogP contribution in [0, 0.1) is 13.8 Å². The average Bonchev–Trinajstić information content (AvgIpc) is 2.91. The Bertz CT molecular complexity index is 645. The Kier molecular flexibility index (Phi) is 6.37. The van der Waals surface area contributed by atoms with Crippen molar-refractivity contribution < 1.29 is 18.8 Å². The Balaban J connectivity index is 1.91. The molecule has 0 N–H and O–H groups in total. The summed E-state index contributed by atoms with van der Waals surface area (Å²) in [6, 6.07) is 7.15. The molecule has 0 spiro atoms. The summed E-state index contributed by atoms with van der Waals surface area (Å²) < 4.78 is 15.9. The predicted molar refractivity (Wildman–Crippen MR) is 90.2 cm³/mol. The molecule has 1 heterocycles. The van der Waals surface area contributed by atoms with Gasteiger partial charge in [-0.1, -0.05) is 5.16 Å². The molecule has 1 amide bonds. The highest BCUT2D eigenvalue weighted by Crippen LogP contribution is 2.18. The number of ether oxygens (including phenoxy) is 2. The van der Waals surface area contributed by atoms with Crippen molar-refractivity contribution in [3.8, 4) is 5.75 Å². The van der Waals surface area contributed by atoms with E-state index in [1.165, 1.54) is 0 Å². The first-order valence-electron chi connectivity index (χ1n) is 7.92. The van der Waals surface area contributed by atoms with Gasteiger partial charge >= 0.3 is 0 Å². The smallest absolute Gasteiger partial charge is 0.253 e. The van der Waals surface area contributed by atoms with Crippen LogP contribution in [0.25, 0.3) is 0 Å². The number of aryl methyl sites for hydroxylation is 2. The Labute approximate surface area is 142 Å². The molecule has 0 unspecified atom stereocenters. The van der Waals surface area contributed by atoms with Crippen molar-refractivity contribution in [3.05, 3.63) is 46.8 Å². The van der Waals surface area contributed by atoms with Crippen LogP contribution in [0.5, 0.6) is 5.75 Å². The van der Waals surface area contributed by atoms with Crippen molar-refractivity contribution in [3.63, 3.8) is 0 Å². The third-order valence-corrected chi connectivity index (χ3v) is 3.85. The number of methoxy groups -OCH3 is 1. The summed E-state index contributed by atoms with van der Waals surface area (Å²) in [5.74, 6) is 1.45. The fourth-order valence-electron chi connectivity index (χ4n) is 2.33. The van der Waals surface area contributed by atoms with E-state index in [1.807, 2.05) is 13.8 Å². The van der Waals surface area contributed by atoms with Gasteiger partial charge in [0.2, 0.25) is 0 Å². The fraction of sp³-hybridized carbons (Fsp3) is 0.444. The fourth-order valence-corrected chi connectivity index (χ4v) is 2.33. The lowest BCUT2D eigenvalue weighted by Crippen LogP contribution is -2.28. The second-order valence-electron chi connectivity index (χ2n) is 5.69. The predicted octanol–water partition coefficient (Wildman–Crippen LogP) is 2.98. The zero-order valence-electron chi connectivity index (χ0n) is 14.7. The van der Waals surface area contributed by atoms with Gasteiger partial charge in [0.15, 0.2) is 0 Å². The maximum absolute atomic E-state index is 12.3. The molecular formula is C18H24N2O4. The molecule has 0 bridgehead atoms. The van der Waals surface area contributed by atoms with Gasteiger partial charge in [-0.2, -0.15) is 0 Å². The van der Waals surface area contributed by atoms with Gasteiger partial charge in [-0.05, 0) is 44.5 Å². The third-order valence-electron chi connectivity index (χ3n) is 3.85. The number of rotatable bonds is 8. The van der Waals surface area contributed by atoms with E-state index < -0.39 is 0 Å². The van der Waals surface area contributed by atoms with Gasteiger partial charge in [-0.3, -0.25) is 4.79 Å². The molecule has 6 heteroatoms. The maximum Gasteiger partial charge on any atom is 0.253 e. The molecule has 24 heavy (non-hydrogen) atoms. The number of carbonyl (C=O) groups is 1. The normalized spacial score (nSPS) is 10.7. The van der Waals surface area contributed by atoms with Crippen molar-refractivity contribution in [2.45, 2.75) is 26.9 Å². The van der Waals surface area contributed by atoms with E-state index in [0.717, 1.165) is 23.4 Å². The van der Waals surface area contributed by atoms with Crippen molar-refractivity contribution >= 4 is 5.91 Å². The monoisotopic (exact) mass is 332 g/mol. The lowest BCUT2D eigenvalue weighted by molar-refractivity contribution is 0.0779. The molecule has 1 aromatic heterocycles. The van der Waals surface area contributed by atoms with Crippen LogP contribution in [0.3, 0.4) is 0 Å². The molecule has 6 nitrogen and oxygen atoms in total. The van der Waals surface area contributed by atoms with Gasteiger partial charge in [0, 0.05) is 32.9 Å². The molecule has 1 aromatic carbocycles. The van der Waals surface area contributed by atoms with Crippen LogP contribution in [0.4, 0.5) is 0 Å². The van der Waals surface area contributed by atoms with E-state index in [4.69, 9.17) is 14.0 Å². The number of carbonyl (C=O) groups excluding carboxylic acids is 1. The first kappa shape index (κ1) is 18.0.